The van der Waals surface area contributed by atoms with Crippen LogP contribution in [0.3, 0.4) is 0 Å². The molecule has 5 nitrogen and oxygen atoms in total. The molecule has 0 saturated heterocycles. The Morgan fingerprint density at radius 1 is 0.935 bits per heavy atom. The lowest BCUT2D eigenvalue weighted by Crippen LogP contribution is -2.34. The fourth-order valence-electron chi connectivity index (χ4n) is 3.44. The van der Waals surface area contributed by atoms with Crippen molar-refractivity contribution in [2.24, 2.45) is 0 Å². The third-order valence-corrected chi connectivity index (χ3v) is 6.19. The molecule has 2 heterocycles. The number of hydrogen-bond donors (Lipinski definition) is 1. The zero-order chi connectivity index (χ0) is 21.5. The average molecular weight is 513 g/mol. The van der Waals surface area contributed by atoms with E-state index >= 15 is 0 Å². The van der Waals surface area contributed by atoms with E-state index in [-0.39, 0.29) is 5.56 Å². The molecule has 0 aliphatic heterocycles. The maximum absolute atomic E-state index is 13.6. The molecule has 0 saturated carbocycles. The van der Waals surface area contributed by atoms with Gasteiger partial charge in [-0.1, -0.05) is 57.3 Å². The van der Waals surface area contributed by atoms with Crippen molar-refractivity contribution in [2.45, 2.75) is 0 Å². The number of rotatable bonds is 3. The monoisotopic (exact) mass is 511 g/mol. The van der Waals surface area contributed by atoms with Crippen LogP contribution in [0.5, 0.6) is 0 Å². The van der Waals surface area contributed by atoms with Crippen molar-refractivity contribution >= 4 is 50.2 Å². The standard InChI is InChI=1S/C23H13BrCl2N4O/c24-15-7-9-16(10-8-15)29-21(14-6-11-19(25)20(26)12-14)28-22-18(23(29)31)13-27-30(22)17-4-2-1-3-5-17/h1-13H/p+1. The van der Waals surface area contributed by atoms with Gasteiger partial charge in [0.2, 0.25) is 0 Å². The van der Waals surface area contributed by atoms with Gasteiger partial charge in [0.05, 0.1) is 21.9 Å². The smallest absolute Gasteiger partial charge is 0.268 e. The number of nitrogens with one attached hydrogen (secondary N) is 1. The molecule has 0 radical (unpaired) electrons. The zero-order valence-electron chi connectivity index (χ0n) is 15.9. The summed E-state index contributed by atoms with van der Waals surface area (Å²) in [6.07, 6.45) is 1.67. The lowest BCUT2D eigenvalue weighted by Gasteiger charge is -2.09. The zero-order valence-corrected chi connectivity index (χ0v) is 19.0. The summed E-state index contributed by atoms with van der Waals surface area (Å²) in [7, 11) is 0. The molecule has 0 unspecified atom stereocenters. The second-order valence-corrected chi connectivity index (χ2v) is 8.59. The van der Waals surface area contributed by atoms with Crippen molar-refractivity contribution < 1.29 is 4.68 Å². The first-order valence-corrected chi connectivity index (χ1v) is 10.9. The van der Waals surface area contributed by atoms with Gasteiger partial charge in [-0.05, 0) is 59.6 Å². The molecule has 1 N–H and O–H groups in total. The van der Waals surface area contributed by atoms with Crippen molar-refractivity contribution in [3.63, 3.8) is 0 Å². The minimum atomic E-state index is -0.195. The van der Waals surface area contributed by atoms with Gasteiger partial charge in [0, 0.05) is 10.0 Å². The van der Waals surface area contributed by atoms with Crippen LogP contribution in [0.4, 0.5) is 0 Å². The summed E-state index contributed by atoms with van der Waals surface area (Å²) in [4.78, 5) is 18.5. The Bertz CT molecular complexity index is 1480. The number of H-pyrrole nitrogens is 1. The lowest BCUT2D eigenvalue weighted by molar-refractivity contribution is -0.631. The molecular weight excluding hydrogens is 499 g/mol. The van der Waals surface area contributed by atoms with E-state index in [1.54, 1.807) is 33.6 Å². The average Bonchev–Trinajstić information content (AvgIpc) is 3.21. The molecule has 0 aliphatic carbocycles. The molecule has 2 aromatic heterocycles. The van der Waals surface area contributed by atoms with Crippen LogP contribution in [0.25, 0.3) is 33.8 Å². The highest BCUT2D eigenvalue weighted by Gasteiger charge is 2.25. The van der Waals surface area contributed by atoms with Crippen LogP contribution in [0.15, 0.2) is 88.3 Å². The minimum Gasteiger partial charge on any atom is -0.268 e. The first-order chi connectivity index (χ1) is 15.0. The Balaban J connectivity index is 1.86. The summed E-state index contributed by atoms with van der Waals surface area (Å²) in [6.45, 7) is 0. The van der Waals surface area contributed by atoms with Crippen molar-refractivity contribution in [3.8, 4) is 22.8 Å². The van der Waals surface area contributed by atoms with Gasteiger partial charge in [0.15, 0.2) is 11.1 Å². The maximum atomic E-state index is 13.6. The molecule has 0 bridgehead atoms. The van der Waals surface area contributed by atoms with Crippen LogP contribution in [0, 0.1) is 0 Å². The highest BCUT2D eigenvalue weighted by Crippen LogP contribution is 2.29. The molecule has 31 heavy (non-hydrogen) atoms. The van der Waals surface area contributed by atoms with E-state index < -0.39 is 0 Å². The van der Waals surface area contributed by atoms with Gasteiger partial charge >= 0.3 is 5.65 Å². The van der Waals surface area contributed by atoms with E-state index in [1.165, 1.54) is 0 Å². The van der Waals surface area contributed by atoms with E-state index in [9.17, 15) is 4.79 Å². The predicted molar refractivity (Wildman–Crippen MR) is 126 cm³/mol. The Morgan fingerprint density at radius 3 is 2.39 bits per heavy atom. The van der Waals surface area contributed by atoms with E-state index in [2.05, 4.69) is 21.0 Å². The maximum Gasteiger partial charge on any atom is 0.363 e. The molecule has 8 heteroatoms. The lowest BCUT2D eigenvalue weighted by atomic mass is 10.2. The molecule has 152 valence electrons. The molecule has 5 aromatic rings. The van der Waals surface area contributed by atoms with Crippen LogP contribution < -0.4 is 10.2 Å². The molecule has 5 rings (SSSR count). The van der Waals surface area contributed by atoms with Crippen LogP contribution in [-0.4, -0.2) is 14.6 Å². The third kappa shape index (κ3) is 3.57. The SMILES string of the molecule is O=c1c2c[nH][n+](-c3ccccc3)c2nc(-c2ccc(Cl)c(Cl)c2)n1-c1ccc(Br)cc1. The second kappa shape index (κ2) is 7.96. The van der Waals surface area contributed by atoms with Crippen molar-refractivity contribution in [1.29, 1.82) is 0 Å². The first kappa shape index (κ1) is 20.0. The fraction of sp³-hybridized carbons (Fsp3) is 0. The quantitative estimate of drug-likeness (QED) is 0.314. The molecule has 0 atom stereocenters. The normalized spacial score (nSPS) is 11.2. The topological polar surface area (TPSA) is 54.6 Å². The number of para-hydroxylation sites is 1. The van der Waals surface area contributed by atoms with E-state index in [4.69, 9.17) is 28.2 Å². The van der Waals surface area contributed by atoms with Gasteiger partial charge in [-0.25, -0.2) is 9.67 Å². The molecule has 0 amide bonds. The van der Waals surface area contributed by atoms with Crippen molar-refractivity contribution in [3.05, 3.63) is 104 Å². The Morgan fingerprint density at radius 2 is 1.68 bits per heavy atom. The van der Waals surface area contributed by atoms with Gasteiger partial charge in [-0.3, -0.25) is 4.79 Å². The number of fused-ring (bicyclic) bond motifs is 1. The highest BCUT2D eigenvalue weighted by atomic mass is 79.9. The van der Waals surface area contributed by atoms with Gasteiger partial charge < -0.3 is 0 Å². The molecule has 0 spiro atoms. The Hall–Kier alpha value is -2.93. The highest BCUT2D eigenvalue weighted by molar-refractivity contribution is 9.10. The van der Waals surface area contributed by atoms with Gasteiger partial charge in [0.1, 0.15) is 0 Å². The largest absolute Gasteiger partial charge is 0.363 e. The first-order valence-electron chi connectivity index (χ1n) is 9.36. The van der Waals surface area contributed by atoms with Gasteiger partial charge in [-0.15, -0.1) is 4.68 Å². The summed E-state index contributed by atoms with van der Waals surface area (Å²) in [5.74, 6) is 0.461. The number of aromatic amines is 1. The summed E-state index contributed by atoms with van der Waals surface area (Å²) in [5.41, 5.74) is 2.56. The number of aromatic nitrogens is 4. The number of hydrogen-bond acceptors (Lipinski definition) is 2. The second-order valence-electron chi connectivity index (χ2n) is 6.86. The van der Waals surface area contributed by atoms with Gasteiger partial charge in [-0.2, -0.15) is 0 Å². The summed E-state index contributed by atoms with van der Waals surface area (Å²) < 4.78 is 4.28. The third-order valence-electron chi connectivity index (χ3n) is 4.92. The molecule has 3 aromatic carbocycles. The summed E-state index contributed by atoms with van der Waals surface area (Å²) in [6, 6.07) is 22.4. The Labute approximate surface area is 195 Å². The van der Waals surface area contributed by atoms with Gasteiger partial charge in [0.25, 0.3) is 11.4 Å². The minimum absolute atomic E-state index is 0.195. The predicted octanol–water partition coefficient (Wildman–Crippen LogP) is 5.73. The molecular formula is C23H14BrCl2N4O+. The van der Waals surface area contributed by atoms with Crippen LogP contribution in [-0.2, 0) is 0 Å². The van der Waals surface area contributed by atoms with Crippen molar-refractivity contribution in [1.82, 2.24) is 14.6 Å². The molecule has 0 fully saturated rings. The van der Waals surface area contributed by atoms with Crippen LogP contribution in [0.1, 0.15) is 0 Å². The molecule has 0 aliphatic rings. The number of benzene rings is 3. The number of nitrogens with zero attached hydrogens (tertiary/aromatic N) is 3. The number of halogens is 3. The van der Waals surface area contributed by atoms with Crippen LogP contribution in [0.2, 0.25) is 10.0 Å². The Kier molecular flexibility index (Phi) is 5.14. The fourth-order valence-corrected chi connectivity index (χ4v) is 4.00. The van der Waals surface area contributed by atoms with Crippen LogP contribution >= 0.6 is 39.1 Å². The van der Waals surface area contributed by atoms with Crippen molar-refractivity contribution in [2.75, 3.05) is 0 Å². The van der Waals surface area contributed by atoms with E-state index in [1.807, 2.05) is 54.6 Å². The van der Waals surface area contributed by atoms with E-state index in [0.717, 1.165) is 10.2 Å². The summed E-state index contributed by atoms with van der Waals surface area (Å²) in [5, 5.41) is 4.44. The summed E-state index contributed by atoms with van der Waals surface area (Å²) >= 11 is 15.8. The van der Waals surface area contributed by atoms with E-state index in [0.29, 0.717) is 38.2 Å².